The summed E-state index contributed by atoms with van der Waals surface area (Å²) in [6.45, 7) is 3.27. The molecule has 1 aromatic rings. The lowest BCUT2D eigenvalue weighted by atomic mass is 10.1. The number of rotatable bonds is 3. The van der Waals surface area contributed by atoms with Crippen molar-refractivity contribution in [3.05, 3.63) is 29.6 Å². The number of nitrogens with zero attached hydrogens (tertiary/aromatic N) is 1. The smallest absolute Gasteiger partial charge is 0.167 e. The minimum Gasteiger partial charge on any atom is -0.387 e. The van der Waals surface area contributed by atoms with Gasteiger partial charge in [-0.05, 0) is 19.1 Å². The zero-order chi connectivity index (χ0) is 11.4. The normalized spacial score (nSPS) is 11.5. The predicted molar refractivity (Wildman–Crippen MR) is 58.0 cm³/mol. The Labute approximate surface area is 87.8 Å². The second-order valence-electron chi connectivity index (χ2n) is 3.16. The molecular weight excluding hydrogens is 195 g/mol. The summed E-state index contributed by atoms with van der Waals surface area (Å²) in [6.07, 6.45) is 0.243. The van der Waals surface area contributed by atoms with Crippen LogP contribution >= 0.6 is 0 Å². The fourth-order valence-corrected chi connectivity index (χ4v) is 1.25. The maximum Gasteiger partial charge on any atom is 0.167 e. The van der Waals surface area contributed by atoms with Crippen molar-refractivity contribution in [2.45, 2.75) is 20.3 Å². The first-order valence-corrected chi connectivity index (χ1v) is 4.68. The molecule has 0 aromatic heterocycles. The van der Waals surface area contributed by atoms with Gasteiger partial charge in [0.25, 0.3) is 0 Å². The molecule has 4 heteroatoms. The Balaban J connectivity index is 3.33. The number of amidine groups is 1. The number of Topliss-reactive ketones (excluding diaryl/α,β-unsaturated/α-hetero) is 1. The highest BCUT2D eigenvalue weighted by atomic mass is 19.1. The summed E-state index contributed by atoms with van der Waals surface area (Å²) >= 11 is 0. The number of benzene rings is 1. The SMILES string of the molecule is CCC(=O)c1c(F)cccc1N=C(C)N. The summed E-state index contributed by atoms with van der Waals surface area (Å²) in [5.41, 5.74) is 5.71. The van der Waals surface area contributed by atoms with Crippen LogP contribution in [0.25, 0.3) is 0 Å². The van der Waals surface area contributed by atoms with E-state index in [1.807, 2.05) is 0 Å². The minimum atomic E-state index is -0.552. The molecule has 0 saturated heterocycles. The molecule has 0 aliphatic rings. The Hall–Kier alpha value is -1.71. The van der Waals surface area contributed by atoms with Gasteiger partial charge in [0.05, 0.1) is 17.1 Å². The minimum absolute atomic E-state index is 0.0183. The Morgan fingerprint density at radius 3 is 2.73 bits per heavy atom. The third-order valence-electron chi connectivity index (χ3n) is 1.89. The molecule has 0 amide bonds. The lowest BCUT2D eigenvalue weighted by Crippen LogP contribution is -2.06. The molecule has 3 nitrogen and oxygen atoms in total. The van der Waals surface area contributed by atoms with E-state index in [-0.39, 0.29) is 17.8 Å². The van der Waals surface area contributed by atoms with E-state index in [1.165, 1.54) is 12.1 Å². The topological polar surface area (TPSA) is 55.5 Å². The van der Waals surface area contributed by atoms with Gasteiger partial charge >= 0.3 is 0 Å². The third-order valence-corrected chi connectivity index (χ3v) is 1.89. The largest absolute Gasteiger partial charge is 0.387 e. The molecule has 0 fully saturated rings. The number of hydrogen-bond acceptors (Lipinski definition) is 2. The van der Waals surface area contributed by atoms with E-state index in [0.29, 0.717) is 11.5 Å². The van der Waals surface area contributed by atoms with Crippen LogP contribution in [-0.4, -0.2) is 11.6 Å². The van der Waals surface area contributed by atoms with Crippen LogP contribution in [0.2, 0.25) is 0 Å². The summed E-state index contributed by atoms with van der Waals surface area (Å²) in [6, 6.07) is 4.32. The van der Waals surface area contributed by atoms with Crippen LogP contribution in [0.1, 0.15) is 30.6 Å². The van der Waals surface area contributed by atoms with Crippen molar-refractivity contribution >= 4 is 17.3 Å². The molecular formula is C11H13FN2O. The Bertz CT molecular complexity index is 409. The van der Waals surface area contributed by atoms with Crippen molar-refractivity contribution in [1.29, 1.82) is 0 Å². The van der Waals surface area contributed by atoms with Gasteiger partial charge in [-0.1, -0.05) is 13.0 Å². The molecule has 15 heavy (non-hydrogen) atoms. The average molecular weight is 208 g/mol. The van der Waals surface area contributed by atoms with Crippen LogP contribution in [0.5, 0.6) is 0 Å². The maximum atomic E-state index is 13.4. The predicted octanol–water partition coefficient (Wildman–Crippen LogP) is 2.43. The molecule has 0 unspecified atom stereocenters. The van der Waals surface area contributed by atoms with E-state index in [1.54, 1.807) is 19.9 Å². The van der Waals surface area contributed by atoms with E-state index in [2.05, 4.69) is 4.99 Å². The Kier molecular flexibility index (Phi) is 3.55. The second-order valence-corrected chi connectivity index (χ2v) is 3.16. The van der Waals surface area contributed by atoms with Crippen molar-refractivity contribution < 1.29 is 9.18 Å². The summed E-state index contributed by atoms with van der Waals surface area (Å²) in [7, 11) is 0. The van der Waals surface area contributed by atoms with Crippen LogP contribution < -0.4 is 5.73 Å². The third kappa shape index (κ3) is 2.62. The number of carbonyl (C=O) groups is 1. The van der Waals surface area contributed by atoms with Gasteiger partial charge in [-0.2, -0.15) is 0 Å². The number of nitrogens with two attached hydrogens (primary N) is 1. The van der Waals surface area contributed by atoms with Crippen molar-refractivity contribution in [2.75, 3.05) is 0 Å². The average Bonchev–Trinajstić information content (AvgIpc) is 2.16. The first kappa shape index (κ1) is 11.4. The van der Waals surface area contributed by atoms with Crippen molar-refractivity contribution in [3.63, 3.8) is 0 Å². The van der Waals surface area contributed by atoms with Gasteiger partial charge in [0.15, 0.2) is 5.78 Å². The summed E-state index contributed by atoms with van der Waals surface area (Å²) in [5.74, 6) is -0.525. The van der Waals surface area contributed by atoms with Crippen LogP contribution in [0.4, 0.5) is 10.1 Å². The zero-order valence-corrected chi connectivity index (χ0v) is 8.75. The number of aliphatic imine (C=N–C) groups is 1. The monoisotopic (exact) mass is 208 g/mol. The number of hydrogen-bond donors (Lipinski definition) is 1. The van der Waals surface area contributed by atoms with Crippen LogP contribution in [-0.2, 0) is 0 Å². The molecule has 2 N–H and O–H groups in total. The maximum absolute atomic E-state index is 13.4. The quantitative estimate of drug-likeness (QED) is 0.471. The molecule has 0 spiro atoms. The number of halogens is 1. The Morgan fingerprint density at radius 1 is 1.53 bits per heavy atom. The van der Waals surface area contributed by atoms with E-state index in [4.69, 9.17) is 5.73 Å². The fourth-order valence-electron chi connectivity index (χ4n) is 1.25. The van der Waals surface area contributed by atoms with Crippen LogP contribution in [0.3, 0.4) is 0 Å². The first-order chi connectivity index (χ1) is 7.06. The van der Waals surface area contributed by atoms with E-state index in [9.17, 15) is 9.18 Å². The first-order valence-electron chi connectivity index (χ1n) is 4.68. The number of carbonyl (C=O) groups excluding carboxylic acids is 1. The number of ketones is 1. The molecule has 80 valence electrons. The molecule has 1 aromatic carbocycles. The zero-order valence-electron chi connectivity index (χ0n) is 8.75. The van der Waals surface area contributed by atoms with E-state index < -0.39 is 5.82 Å². The molecule has 0 aliphatic carbocycles. The van der Waals surface area contributed by atoms with Gasteiger partial charge in [-0.3, -0.25) is 4.79 Å². The van der Waals surface area contributed by atoms with Crippen molar-refractivity contribution in [1.82, 2.24) is 0 Å². The van der Waals surface area contributed by atoms with Crippen LogP contribution in [0, 0.1) is 5.82 Å². The highest BCUT2D eigenvalue weighted by Crippen LogP contribution is 2.23. The van der Waals surface area contributed by atoms with Crippen molar-refractivity contribution in [3.8, 4) is 0 Å². The summed E-state index contributed by atoms with van der Waals surface area (Å²) in [5, 5.41) is 0. The molecule has 0 saturated carbocycles. The van der Waals surface area contributed by atoms with Gasteiger partial charge in [-0.25, -0.2) is 9.38 Å². The summed E-state index contributed by atoms with van der Waals surface area (Å²) < 4.78 is 13.4. The van der Waals surface area contributed by atoms with Gasteiger partial charge in [0.1, 0.15) is 5.82 Å². The lowest BCUT2D eigenvalue weighted by molar-refractivity contribution is 0.0985. The fraction of sp³-hybridized carbons (Fsp3) is 0.273. The summed E-state index contributed by atoms with van der Waals surface area (Å²) in [4.78, 5) is 15.4. The molecule has 0 bridgehead atoms. The molecule has 0 atom stereocenters. The molecule has 0 heterocycles. The highest BCUT2D eigenvalue weighted by Gasteiger charge is 2.14. The standard InChI is InChI=1S/C11H13FN2O/c1-3-10(15)11-8(12)5-4-6-9(11)14-7(2)13/h4-6H,3H2,1-2H3,(H2,13,14). The molecule has 1 rings (SSSR count). The molecule has 0 radical (unpaired) electrons. The lowest BCUT2D eigenvalue weighted by Gasteiger charge is -2.04. The van der Waals surface area contributed by atoms with Gasteiger partial charge in [0, 0.05) is 6.42 Å². The highest BCUT2D eigenvalue weighted by molar-refractivity contribution is 6.01. The van der Waals surface area contributed by atoms with Gasteiger partial charge < -0.3 is 5.73 Å². The molecule has 0 aliphatic heterocycles. The van der Waals surface area contributed by atoms with Crippen molar-refractivity contribution in [2.24, 2.45) is 10.7 Å². The Morgan fingerprint density at radius 2 is 2.20 bits per heavy atom. The van der Waals surface area contributed by atoms with E-state index in [0.717, 1.165) is 0 Å². The van der Waals surface area contributed by atoms with Crippen LogP contribution in [0.15, 0.2) is 23.2 Å². The van der Waals surface area contributed by atoms with Gasteiger partial charge in [0.2, 0.25) is 0 Å². The van der Waals surface area contributed by atoms with E-state index >= 15 is 0 Å². The second kappa shape index (κ2) is 4.68. The van der Waals surface area contributed by atoms with Gasteiger partial charge in [-0.15, -0.1) is 0 Å².